The Kier molecular flexibility index (Phi) is 6.35. The maximum absolute atomic E-state index is 11.7. The molecule has 0 radical (unpaired) electrons. The molecule has 2 aromatic rings. The van der Waals surface area contributed by atoms with Crippen LogP contribution >= 0.6 is 11.8 Å². The van der Waals surface area contributed by atoms with Gasteiger partial charge >= 0.3 is 5.69 Å². The quantitative estimate of drug-likeness (QED) is 0.339. The minimum Gasteiger partial charge on any atom is -0.502 e. The third-order valence-electron chi connectivity index (χ3n) is 3.03. The number of benzene rings is 2. The van der Waals surface area contributed by atoms with E-state index >= 15 is 0 Å². The molecule has 25 heavy (non-hydrogen) atoms. The molecule has 0 aliphatic heterocycles. The summed E-state index contributed by atoms with van der Waals surface area (Å²) in [4.78, 5) is 22.7. The zero-order valence-electron chi connectivity index (χ0n) is 13.2. The number of amides is 1. The number of phenols is 1. The van der Waals surface area contributed by atoms with E-state index in [1.54, 1.807) is 19.2 Å². The highest BCUT2D eigenvalue weighted by atomic mass is 32.2. The number of nitro benzene ring substituents is 1. The van der Waals surface area contributed by atoms with Gasteiger partial charge in [-0.3, -0.25) is 14.9 Å². The number of rotatable bonds is 7. The highest BCUT2D eigenvalue weighted by Gasteiger charge is 2.12. The predicted octanol–water partition coefficient (Wildman–Crippen LogP) is 2.55. The zero-order chi connectivity index (χ0) is 18.2. The second-order valence-corrected chi connectivity index (χ2v) is 5.81. The lowest BCUT2D eigenvalue weighted by Gasteiger charge is -2.03. The van der Waals surface area contributed by atoms with Gasteiger partial charge in [0.15, 0.2) is 5.75 Å². The van der Waals surface area contributed by atoms with E-state index < -0.39 is 16.4 Å². The van der Waals surface area contributed by atoms with Crippen LogP contribution in [0.1, 0.15) is 5.56 Å². The van der Waals surface area contributed by atoms with Gasteiger partial charge in [0.25, 0.3) is 0 Å². The molecule has 2 rings (SSSR count). The number of carbonyl (C=O) groups excluding carboxylic acids is 1. The summed E-state index contributed by atoms with van der Waals surface area (Å²) in [5.74, 6) is 0.160. The number of hydrogen-bond acceptors (Lipinski definition) is 7. The summed E-state index contributed by atoms with van der Waals surface area (Å²) < 4.78 is 5.05. The number of thioether (sulfide) groups is 1. The number of nitrogens with zero attached hydrogens (tertiary/aromatic N) is 2. The van der Waals surface area contributed by atoms with Gasteiger partial charge in [-0.15, -0.1) is 11.8 Å². The van der Waals surface area contributed by atoms with E-state index in [2.05, 4.69) is 10.5 Å². The van der Waals surface area contributed by atoms with Crippen molar-refractivity contribution in [3.8, 4) is 11.5 Å². The van der Waals surface area contributed by atoms with Gasteiger partial charge in [0.2, 0.25) is 5.91 Å². The van der Waals surface area contributed by atoms with Gasteiger partial charge in [-0.05, 0) is 36.4 Å². The van der Waals surface area contributed by atoms with Gasteiger partial charge in [0, 0.05) is 16.5 Å². The normalized spacial score (nSPS) is 10.6. The van der Waals surface area contributed by atoms with Crippen LogP contribution in [0.15, 0.2) is 52.5 Å². The predicted molar refractivity (Wildman–Crippen MR) is 94.2 cm³/mol. The van der Waals surface area contributed by atoms with Gasteiger partial charge in [0.05, 0.1) is 24.0 Å². The lowest BCUT2D eigenvalue weighted by molar-refractivity contribution is -0.385. The number of carbonyl (C=O) groups is 1. The van der Waals surface area contributed by atoms with Crippen molar-refractivity contribution in [2.24, 2.45) is 5.10 Å². The summed E-state index contributed by atoms with van der Waals surface area (Å²) in [6, 6.07) is 11.1. The smallest absolute Gasteiger partial charge is 0.311 e. The van der Waals surface area contributed by atoms with Gasteiger partial charge in [-0.1, -0.05) is 0 Å². The number of nitro groups is 1. The van der Waals surface area contributed by atoms with Crippen molar-refractivity contribution in [1.29, 1.82) is 0 Å². The second kappa shape index (κ2) is 8.69. The van der Waals surface area contributed by atoms with E-state index in [0.717, 1.165) is 16.7 Å². The SMILES string of the molecule is COc1ccc(SCC(=O)N/N=C/c2ccc(O)c([N+](=O)[O-])c2)cc1. The number of methoxy groups -OCH3 is 1. The molecule has 0 bridgehead atoms. The Hall–Kier alpha value is -3.07. The highest BCUT2D eigenvalue weighted by molar-refractivity contribution is 8.00. The summed E-state index contributed by atoms with van der Waals surface area (Å²) >= 11 is 1.34. The molecule has 0 unspecified atom stereocenters. The number of hydrogen-bond donors (Lipinski definition) is 2. The van der Waals surface area contributed by atoms with Crippen LogP contribution in [0.25, 0.3) is 0 Å². The first-order valence-electron chi connectivity index (χ1n) is 7.06. The highest BCUT2D eigenvalue weighted by Crippen LogP contribution is 2.25. The number of nitrogens with one attached hydrogen (secondary N) is 1. The molecule has 0 saturated carbocycles. The Morgan fingerprint density at radius 3 is 2.72 bits per heavy atom. The number of ether oxygens (including phenoxy) is 1. The van der Waals surface area contributed by atoms with Crippen LogP contribution in [0.3, 0.4) is 0 Å². The fraction of sp³-hybridized carbons (Fsp3) is 0.125. The fourth-order valence-corrected chi connectivity index (χ4v) is 2.49. The Bertz CT molecular complexity index is 793. The van der Waals surface area contributed by atoms with Crippen molar-refractivity contribution < 1.29 is 19.6 Å². The van der Waals surface area contributed by atoms with E-state index in [0.29, 0.717) is 5.56 Å². The maximum atomic E-state index is 11.7. The molecule has 1 amide bonds. The van der Waals surface area contributed by atoms with Crippen LogP contribution in [0.5, 0.6) is 11.5 Å². The topological polar surface area (TPSA) is 114 Å². The largest absolute Gasteiger partial charge is 0.502 e. The molecule has 8 nitrogen and oxygen atoms in total. The van der Waals surface area contributed by atoms with Crippen LogP contribution in [-0.4, -0.2) is 35.0 Å². The monoisotopic (exact) mass is 361 g/mol. The van der Waals surface area contributed by atoms with Crippen molar-refractivity contribution in [2.45, 2.75) is 4.90 Å². The van der Waals surface area contributed by atoms with Crippen molar-refractivity contribution >= 4 is 29.6 Å². The molecule has 0 spiro atoms. The molecular weight excluding hydrogens is 346 g/mol. The van der Waals surface area contributed by atoms with E-state index in [-0.39, 0.29) is 11.7 Å². The van der Waals surface area contributed by atoms with Gasteiger partial charge in [-0.2, -0.15) is 5.10 Å². The first-order chi connectivity index (χ1) is 12.0. The van der Waals surface area contributed by atoms with Gasteiger partial charge < -0.3 is 9.84 Å². The molecular formula is C16H15N3O5S. The first-order valence-corrected chi connectivity index (χ1v) is 8.04. The summed E-state index contributed by atoms with van der Waals surface area (Å²) in [6.45, 7) is 0. The van der Waals surface area contributed by atoms with E-state index in [4.69, 9.17) is 4.74 Å². The van der Waals surface area contributed by atoms with Crippen molar-refractivity contribution in [2.75, 3.05) is 12.9 Å². The van der Waals surface area contributed by atoms with Crippen LogP contribution in [-0.2, 0) is 4.79 Å². The molecule has 0 fully saturated rings. The van der Waals surface area contributed by atoms with Crippen LogP contribution in [0, 0.1) is 10.1 Å². The molecule has 9 heteroatoms. The Balaban J connectivity index is 1.85. The lowest BCUT2D eigenvalue weighted by atomic mass is 10.2. The second-order valence-electron chi connectivity index (χ2n) is 4.76. The minimum absolute atomic E-state index is 0.166. The van der Waals surface area contributed by atoms with Gasteiger partial charge in [-0.25, -0.2) is 5.43 Å². The lowest BCUT2D eigenvalue weighted by Crippen LogP contribution is -2.19. The van der Waals surface area contributed by atoms with Crippen LogP contribution in [0.4, 0.5) is 5.69 Å². The molecule has 0 aliphatic rings. The van der Waals surface area contributed by atoms with Gasteiger partial charge in [0.1, 0.15) is 5.75 Å². The summed E-state index contributed by atoms with van der Waals surface area (Å²) in [5, 5.41) is 23.8. The molecule has 0 aromatic heterocycles. The van der Waals surface area contributed by atoms with Crippen LogP contribution in [0.2, 0.25) is 0 Å². The summed E-state index contributed by atoms with van der Waals surface area (Å²) in [5.41, 5.74) is 2.30. The van der Waals surface area contributed by atoms with E-state index in [1.807, 2.05) is 12.1 Å². The number of phenolic OH excluding ortho intramolecular Hbond substituents is 1. The fourth-order valence-electron chi connectivity index (χ4n) is 1.80. The molecule has 2 aromatic carbocycles. The van der Waals surface area contributed by atoms with Crippen molar-refractivity contribution in [1.82, 2.24) is 5.43 Å². The van der Waals surface area contributed by atoms with E-state index in [9.17, 15) is 20.0 Å². The molecule has 0 saturated heterocycles. The molecule has 130 valence electrons. The maximum Gasteiger partial charge on any atom is 0.311 e. The van der Waals surface area contributed by atoms with E-state index in [1.165, 1.54) is 30.1 Å². The average Bonchev–Trinajstić information content (AvgIpc) is 2.61. The zero-order valence-corrected chi connectivity index (χ0v) is 14.0. The molecule has 0 aliphatic carbocycles. The number of hydrazone groups is 1. The number of aromatic hydroxyl groups is 1. The Morgan fingerprint density at radius 1 is 1.36 bits per heavy atom. The molecule has 2 N–H and O–H groups in total. The molecule has 0 atom stereocenters. The third kappa shape index (κ3) is 5.50. The standard InChI is InChI=1S/C16H15N3O5S/c1-24-12-3-5-13(6-4-12)25-10-16(21)18-17-9-11-2-7-15(20)14(8-11)19(22)23/h2-9,20H,10H2,1H3,(H,18,21)/b17-9+. The summed E-state index contributed by atoms with van der Waals surface area (Å²) in [7, 11) is 1.58. The Labute approximate surface area is 147 Å². The Morgan fingerprint density at radius 2 is 2.08 bits per heavy atom. The van der Waals surface area contributed by atoms with Crippen LogP contribution < -0.4 is 10.2 Å². The molecule has 0 heterocycles. The minimum atomic E-state index is -0.698. The average molecular weight is 361 g/mol. The third-order valence-corrected chi connectivity index (χ3v) is 4.04. The van der Waals surface area contributed by atoms with Crippen molar-refractivity contribution in [3.05, 3.63) is 58.1 Å². The summed E-state index contributed by atoms with van der Waals surface area (Å²) in [6.07, 6.45) is 1.27. The van der Waals surface area contributed by atoms with Crippen molar-refractivity contribution in [3.63, 3.8) is 0 Å². The first kappa shape index (κ1) is 18.3.